The van der Waals surface area contributed by atoms with E-state index in [4.69, 9.17) is 9.47 Å². The van der Waals surface area contributed by atoms with E-state index < -0.39 is 5.97 Å². The zero-order chi connectivity index (χ0) is 20.3. The summed E-state index contributed by atoms with van der Waals surface area (Å²) in [4.78, 5) is 26.7. The van der Waals surface area contributed by atoms with Crippen molar-refractivity contribution in [1.82, 2.24) is 0 Å². The summed E-state index contributed by atoms with van der Waals surface area (Å²) in [7, 11) is 1.94. The maximum absolute atomic E-state index is 12.5. The highest BCUT2D eigenvalue weighted by atomic mass is 16.5. The number of hydrogen-bond acceptors (Lipinski definition) is 5. The molecule has 0 spiro atoms. The van der Waals surface area contributed by atoms with E-state index in [1.54, 1.807) is 30.3 Å². The summed E-state index contributed by atoms with van der Waals surface area (Å²) in [6.07, 6.45) is 1.57. The number of carbonyl (C=O) groups excluding carboxylic acids is 2. The van der Waals surface area contributed by atoms with Gasteiger partial charge in [-0.2, -0.15) is 0 Å². The van der Waals surface area contributed by atoms with Crippen LogP contribution in [0, 0.1) is 0 Å². The SMILES string of the molecule is CCOc1ccc(C(=O)OCC(=O)C=C2N(C)c3ccccc3C2(C)C)cc1. The Balaban J connectivity index is 1.66. The van der Waals surface area contributed by atoms with Crippen LogP contribution in [0.5, 0.6) is 5.75 Å². The highest BCUT2D eigenvalue weighted by Crippen LogP contribution is 2.46. The van der Waals surface area contributed by atoms with Crippen molar-refractivity contribution >= 4 is 17.4 Å². The lowest BCUT2D eigenvalue weighted by molar-refractivity contribution is -0.117. The molecule has 0 amide bonds. The van der Waals surface area contributed by atoms with Crippen LogP contribution in [0.15, 0.2) is 60.3 Å². The topological polar surface area (TPSA) is 55.8 Å². The largest absolute Gasteiger partial charge is 0.494 e. The van der Waals surface area contributed by atoms with E-state index in [0.717, 1.165) is 11.4 Å². The third kappa shape index (κ3) is 3.79. The fourth-order valence-corrected chi connectivity index (χ4v) is 3.53. The molecule has 0 atom stereocenters. The summed E-state index contributed by atoms with van der Waals surface area (Å²) < 4.78 is 10.5. The molecule has 0 aliphatic carbocycles. The van der Waals surface area contributed by atoms with Gasteiger partial charge in [-0.15, -0.1) is 0 Å². The van der Waals surface area contributed by atoms with E-state index in [1.807, 2.05) is 37.1 Å². The number of rotatable bonds is 6. The molecule has 0 saturated heterocycles. The molecule has 0 saturated carbocycles. The number of benzene rings is 2. The Hall–Kier alpha value is -3.08. The Morgan fingerprint density at radius 1 is 1.07 bits per heavy atom. The van der Waals surface area contributed by atoms with Gasteiger partial charge in [-0.05, 0) is 42.8 Å². The molecule has 0 unspecified atom stereocenters. The van der Waals surface area contributed by atoms with Gasteiger partial charge < -0.3 is 14.4 Å². The maximum atomic E-state index is 12.5. The summed E-state index contributed by atoms with van der Waals surface area (Å²) in [6.45, 7) is 6.32. The van der Waals surface area contributed by atoms with Gasteiger partial charge in [0, 0.05) is 29.9 Å². The van der Waals surface area contributed by atoms with E-state index in [-0.39, 0.29) is 17.8 Å². The monoisotopic (exact) mass is 379 g/mol. The Kier molecular flexibility index (Phi) is 5.54. The van der Waals surface area contributed by atoms with Crippen molar-refractivity contribution in [3.05, 3.63) is 71.4 Å². The van der Waals surface area contributed by atoms with Gasteiger partial charge in [-0.3, -0.25) is 4.79 Å². The highest BCUT2D eigenvalue weighted by Gasteiger charge is 2.38. The molecule has 1 aliphatic heterocycles. The molecule has 2 aromatic carbocycles. The number of nitrogens with zero attached hydrogens (tertiary/aromatic N) is 1. The van der Waals surface area contributed by atoms with Crippen molar-refractivity contribution in [2.24, 2.45) is 0 Å². The number of carbonyl (C=O) groups is 2. The van der Waals surface area contributed by atoms with Crippen LogP contribution < -0.4 is 9.64 Å². The van der Waals surface area contributed by atoms with Gasteiger partial charge in [0.05, 0.1) is 12.2 Å². The molecular formula is C23H25NO4. The number of esters is 1. The predicted molar refractivity (Wildman–Crippen MR) is 109 cm³/mol. The molecule has 28 heavy (non-hydrogen) atoms. The second-order valence-corrected chi connectivity index (χ2v) is 7.23. The minimum absolute atomic E-state index is 0.248. The molecule has 3 rings (SSSR count). The molecule has 1 heterocycles. The van der Waals surface area contributed by atoms with Gasteiger partial charge in [0.15, 0.2) is 12.4 Å². The first-order valence-corrected chi connectivity index (χ1v) is 9.33. The maximum Gasteiger partial charge on any atom is 0.338 e. The number of anilines is 1. The van der Waals surface area contributed by atoms with Crippen LogP contribution in [0.25, 0.3) is 0 Å². The molecule has 0 bridgehead atoms. The van der Waals surface area contributed by atoms with Gasteiger partial charge >= 0.3 is 5.97 Å². The number of allylic oxidation sites excluding steroid dienone is 1. The number of likely N-dealkylation sites (N-methyl/N-ethyl adjacent to an activating group) is 1. The van der Waals surface area contributed by atoms with Crippen LogP contribution in [-0.2, 0) is 14.9 Å². The van der Waals surface area contributed by atoms with Crippen molar-refractivity contribution in [1.29, 1.82) is 0 Å². The van der Waals surface area contributed by atoms with E-state index in [0.29, 0.717) is 17.9 Å². The van der Waals surface area contributed by atoms with E-state index >= 15 is 0 Å². The summed E-state index contributed by atoms with van der Waals surface area (Å²) in [5, 5.41) is 0. The van der Waals surface area contributed by atoms with Crippen molar-refractivity contribution in [2.75, 3.05) is 25.2 Å². The molecule has 146 valence electrons. The third-order valence-corrected chi connectivity index (χ3v) is 4.98. The van der Waals surface area contributed by atoms with Crippen molar-refractivity contribution in [2.45, 2.75) is 26.2 Å². The number of para-hydroxylation sites is 1. The number of hydrogen-bond donors (Lipinski definition) is 0. The zero-order valence-corrected chi connectivity index (χ0v) is 16.7. The number of ketones is 1. The lowest BCUT2D eigenvalue weighted by atomic mass is 9.83. The minimum Gasteiger partial charge on any atom is -0.494 e. The zero-order valence-electron chi connectivity index (χ0n) is 16.7. The molecule has 0 fully saturated rings. The Labute approximate surface area is 165 Å². The molecule has 0 radical (unpaired) electrons. The second-order valence-electron chi connectivity index (χ2n) is 7.23. The summed E-state index contributed by atoms with van der Waals surface area (Å²) in [5.41, 5.74) is 3.23. The fraction of sp³-hybridized carbons (Fsp3) is 0.304. The minimum atomic E-state index is -0.530. The first-order valence-electron chi connectivity index (χ1n) is 9.33. The van der Waals surface area contributed by atoms with Gasteiger partial charge in [-0.1, -0.05) is 32.0 Å². The standard InChI is InChI=1S/C23H25NO4/c1-5-27-18-12-10-16(11-13-18)22(26)28-15-17(25)14-21-23(2,3)19-8-6-7-9-20(19)24(21)4/h6-14H,5,15H2,1-4H3. The van der Waals surface area contributed by atoms with Crippen LogP contribution in [0.3, 0.4) is 0 Å². The van der Waals surface area contributed by atoms with Crippen LogP contribution >= 0.6 is 0 Å². The first-order chi connectivity index (χ1) is 13.3. The number of ether oxygens (including phenoxy) is 2. The van der Waals surface area contributed by atoms with E-state index in [2.05, 4.69) is 19.9 Å². The molecular weight excluding hydrogens is 354 g/mol. The second kappa shape index (κ2) is 7.89. The molecule has 5 heteroatoms. The smallest absolute Gasteiger partial charge is 0.338 e. The highest BCUT2D eigenvalue weighted by molar-refractivity contribution is 5.96. The van der Waals surface area contributed by atoms with Gasteiger partial charge in [0.25, 0.3) is 0 Å². The van der Waals surface area contributed by atoms with Crippen LogP contribution in [0.4, 0.5) is 5.69 Å². The lowest BCUT2D eigenvalue weighted by Gasteiger charge is -2.23. The average molecular weight is 379 g/mol. The van der Waals surface area contributed by atoms with Gasteiger partial charge in [0.1, 0.15) is 5.75 Å². The fourth-order valence-electron chi connectivity index (χ4n) is 3.53. The van der Waals surface area contributed by atoms with Crippen LogP contribution in [-0.4, -0.2) is 32.0 Å². The quantitative estimate of drug-likeness (QED) is 0.558. The third-order valence-electron chi connectivity index (χ3n) is 4.98. The normalized spacial score (nSPS) is 16.0. The molecule has 0 aromatic heterocycles. The summed E-state index contributed by atoms with van der Waals surface area (Å²) in [6, 6.07) is 14.7. The van der Waals surface area contributed by atoms with Crippen molar-refractivity contribution in [3.8, 4) is 5.75 Å². The average Bonchev–Trinajstić information content (AvgIpc) is 2.88. The van der Waals surface area contributed by atoms with Crippen molar-refractivity contribution in [3.63, 3.8) is 0 Å². The Bertz CT molecular complexity index is 912. The molecule has 0 N–H and O–H groups in total. The summed E-state index contributed by atoms with van der Waals surface area (Å²) in [5.74, 6) is -0.0925. The Morgan fingerprint density at radius 3 is 2.39 bits per heavy atom. The molecule has 5 nitrogen and oxygen atoms in total. The summed E-state index contributed by atoms with van der Waals surface area (Å²) >= 11 is 0. The van der Waals surface area contributed by atoms with Gasteiger partial charge in [-0.25, -0.2) is 4.79 Å². The van der Waals surface area contributed by atoms with Crippen molar-refractivity contribution < 1.29 is 19.1 Å². The van der Waals surface area contributed by atoms with E-state index in [1.165, 1.54) is 5.56 Å². The van der Waals surface area contributed by atoms with Gasteiger partial charge in [0.2, 0.25) is 0 Å². The van der Waals surface area contributed by atoms with Crippen LogP contribution in [0.2, 0.25) is 0 Å². The molecule has 2 aromatic rings. The van der Waals surface area contributed by atoms with Crippen LogP contribution in [0.1, 0.15) is 36.7 Å². The predicted octanol–water partition coefficient (Wildman–Crippen LogP) is 4.12. The first kappa shape index (κ1) is 19.7. The van der Waals surface area contributed by atoms with E-state index in [9.17, 15) is 9.59 Å². The Morgan fingerprint density at radius 2 is 1.75 bits per heavy atom. The molecule has 1 aliphatic rings. The lowest BCUT2D eigenvalue weighted by Crippen LogP contribution is -2.25. The number of fused-ring (bicyclic) bond motifs is 1.